The van der Waals surface area contributed by atoms with Crippen molar-refractivity contribution in [3.05, 3.63) is 80.2 Å². The number of methoxy groups -OCH3 is 1. The van der Waals surface area contributed by atoms with E-state index >= 15 is 0 Å². The van der Waals surface area contributed by atoms with Crippen LogP contribution in [0, 0.1) is 13.8 Å². The number of hydrogen-bond donors (Lipinski definition) is 2. The minimum Gasteiger partial charge on any atom is -0.495 e. The number of anilines is 2. The number of hydrogen-bond acceptors (Lipinski definition) is 6. The normalized spacial score (nSPS) is 10.8. The molecule has 34 heavy (non-hydrogen) atoms. The van der Waals surface area contributed by atoms with Crippen molar-refractivity contribution in [1.29, 1.82) is 0 Å². The molecule has 4 aromatic rings. The Morgan fingerprint density at radius 1 is 1.15 bits per heavy atom. The first-order valence-corrected chi connectivity index (χ1v) is 11.5. The van der Waals surface area contributed by atoms with Crippen LogP contribution in [-0.2, 0) is 11.3 Å². The number of thiophene rings is 1. The molecule has 0 aliphatic rings. The Hall–Kier alpha value is -3.69. The van der Waals surface area contributed by atoms with E-state index in [0.29, 0.717) is 42.8 Å². The van der Waals surface area contributed by atoms with Crippen molar-refractivity contribution >= 4 is 56.3 Å². The number of carbonyl (C=O) groups is 2. The quantitative estimate of drug-likeness (QED) is 0.405. The van der Waals surface area contributed by atoms with E-state index in [1.54, 1.807) is 31.2 Å². The Morgan fingerprint density at radius 2 is 1.88 bits per heavy atom. The van der Waals surface area contributed by atoms with Crippen molar-refractivity contribution in [3.63, 3.8) is 0 Å². The van der Waals surface area contributed by atoms with Crippen molar-refractivity contribution < 1.29 is 14.3 Å². The predicted molar refractivity (Wildman–Crippen MR) is 134 cm³/mol. The number of amides is 2. The van der Waals surface area contributed by atoms with Gasteiger partial charge in [0, 0.05) is 16.8 Å². The highest BCUT2D eigenvalue weighted by molar-refractivity contribution is 7.20. The number of fused-ring (bicyclic) bond motifs is 1. The number of aromatic nitrogens is 2. The summed E-state index contributed by atoms with van der Waals surface area (Å²) in [5, 5.41) is 6.40. The van der Waals surface area contributed by atoms with E-state index < -0.39 is 11.5 Å². The molecule has 2 aromatic carbocycles. The fourth-order valence-corrected chi connectivity index (χ4v) is 4.66. The number of halogens is 1. The first-order valence-electron chi connectivity index (χ1n) is 10.3. The zero-order valence-electron chi connectivity index (χ0n) is 18.6. The van der Waals surface area contributed by atoms with Crippen LogP contribution < -0.4 is 20.9 Å². The van der Waals surface area contributed by atoms with Crippen molar-refractivity contribution in [2.45, 2.75) is 20.4 Å². The topological polar surface area (TPSA) is 102 Å². The number of nitrogens with one attached hydrogen (secondary N) is 2. The summed E-state index contributed by atoms with van der Waals surface area (Å²) >= 11 is 7.25. The third-order valence-electron chi connectivity index (χ3n) is 5.22. The van der Waals surface area contributed by atoms with E-state index in [1.165, 1.54) is 18.0 Å². The van der Waals surface area contributed by atoms with Crippen molar-refractivity contribution in [1.82, 2.24) is 9.55 Å². The van der Waals surface area contributed by atoms with Crippen LogP contribution in [-0.4, -0.2) is 28.5 Å². The first kappa shape index (κ1) is 23.5. The van der Waals surface area contributed by atoms with E-state index in [0.717, 1.165) is 16.9 Å². The van der Waals surface area contributed by atoms with Gasteiger partial charge in [-0.15, -0.1) is 11.3 Å². The Bertz CT molecular complexity index is 1460. The summed E-state index contributed by atoms with van der Waals surface area (Å²) in [7, 11) is 1.48. The van der Waals surface area contributed by atoms with Gasteiger partial charge in [0.25, 0.3) is 11.5 Å². The fraction of sp³-hybridized carbons (Fsp3) is 0.167. The Kier molecular flexibility index (Phi) is 6.67. The maximum Gasteiger partial charge on any atom is 0.266 e. The molecule has 0 atom stereocenters. The Labute approximate surface area is 204 Å². The van der Waals surface area contributed by atoms with Crippen LogP contribution in [0.1, 0.15) is 20.8 Å². The third-order valence-corrected chi connectivity index (χ3v) is 6.83. The molecule has 0 spiro atoms. The minimum absolute atomic E-state index is 0.257. The first-order chi connectivity index (χ1) is 16.3. The summed E-state index contributed by atoms with van der Waals surface area (Å²) < 4.78 is 6.49. The van der Waals surface area contributed by atoms with Crippen LogP contribution in [0.5, 0.6) is 5.75 Å². The maximum absolute atomic E-state index is 13.1. The Balaban J connectivity index is 1.59. The standard InChI is InChI=1S/C24H21ClN4O4S/c1-13-9-17(18(33-3)10-16(13)25)28-19(30)11-29-12-26-23-20(24(29)32)14(2)21(34-23)22(31)27-15-7-5-4-6-8-15/h4-10,12H,11H2,1-3H3,(H,27,31)(H,28,30). The van der Waals surface area contributed by atoms with Crippen LogP contribution in [0.3, 0.4) is 0 Å². The molecular weight excluding hydrogens is 476 g/mol. The van der Waals surface area contributed by atoms with Gasteiger partial charge in [-0.25, -0.2) is 4.98 Å². The summed E-state index contributed by atoms with van der Waals surface area (Å²) in [5.74, 6) is -0.341. The third kappa shape index (κ3) is 4.66. The molecule has 2 heterocycles. The van der Waals surface area contributed by atoms with Crippen molar-refractivity contribution in [2.75, 3.05) is 17.7 Å². The number of rotatable bonds is 6. The molecule has 0 saturated carbocycles. The summed E-state index contributed by atoms with van der Waals surface area (Å²) in [6.45, 7) is 3.26. The van der Waals surface area contributed by atoms with Crippen molar-refractivity contribution in [3.8, 4) is 5.75 Å². The monoisotopic (exact) mass is 496 g/mol. The van der Waals surface area contributed by atoms with Crippen LogP contribution in [0.4, 0.5) is 11.4 Å². The number of ether oxygens (including phenoxy) is 1. The van der Waals surface area contributed by atoms with Gasteiger partial charge in [-0.2, -0.15) is 0 Å². The molecule has 0 aliphatic carbocycles. The highest BCUT2D eigenvalue weighted by atomic mass is 35.5. The predicted octanol–water partition coefficient (Wildman–Crippen LogP) is 4.63. The molecule has 2 N–H and O–H groups in total. The van der Waals surface area contributed by atoms with E-state index in [1.807, 2.05) is 25.1 Å². The molecule has 0 unspecified atom stereocenters. The van der Waals surface area contributed by atoms with Gasteiger partial charge in [-0.1, -0.05) is 29.8 Å². The highest BCUT2D eigenvalue weighted by Gasteiger charge is 2.20. The number of carbonyl (C=O) groups excluding carboxylic acids is 2. The summed E-state index contributed by atoms with van der Waals surface area (Å²) in [4.78, 5) is 43.7. The van der Waals surface area contributed by atoms with Gasteiger partial charge in [0.2, 0.25) is 5.91 Å². The van der Waals surface area contributed by atoms with E-state index in [-0.39, 0.29) is 12.5 Å². The molecule has 0 fully saturated rings. The largest absolute Gasteiger partial charge is 0.495 e. The van der Waals surface area contributed by atoms with Gasteiger partial charge in [0.05, 0.1) is 29.4 Å². The van der Waals surface area contributed by atoms with E-state index in [2.05, 4.69) is 15.6 Å². The molecule has 8 nitrogen and oxygen atoms in total. The average Bonchev–Trinajstić information content (AvgIpc) is 3.16. The fourth-order valence-electron chi connectivity index (χ4n) is 3.47. The average molecular weight is 497 g/mol. The number of benzene rings is 2. The molecule has 10 heteroatoms. The second-order valence-corrected chi connectivity index (χ2v) is 8.99. The molecule has 2 amide bonds. The lowest BCUT2D eigenvalue weighted by molar-refractivity contribution is -0.116. The minimum atomic E-state index is -0.432. The maximum atomic E-state index is 13.1. The highest BCUT2D eigenvalue weighted by Crippen LogP contribution is 2.31. The molecule has 2 aromatic heterocycles. The van der Waals surface area contributed by atoms with Gasteiger partial charge in [-0.3, -0.25) is 19.0 Å². The summed E-state index contributed by atoms with van der Waals surface area (Å²) in [6, 6.07) is 12.4. The SMILES string of the molecule is COc1cc(Cl)c(C)cc1NC(=O)Cn1cnc2sc(C(=O)Nc3ccccc3)c(C)c2c1=O. The van der Waals surface area contributed by atoms with Crippen LogP contribution in [0.2, 0.25) is 5.02 Å². The van der Waals surface area contributed by atoms with Crippen molar-refractivity contribution in [2.24, 2.45) is 0 Å². The van der Waals surface area contributed by atoms with Crippen LogP contribution >= 0.6 is 22.9 Å². The van der Waals surface area contributed by atoms with Gasteiger partial charge in [0.15, 0.2) is 0 Å². The molecular formula is C24H21ClN4O4S. The summed E-state index contributed by atoms with van der Waals surface area (Å²) in [5.41, 5.74) is 2.00. The second-order valence-electron chi connectivity index (χ2n) is 7.58. The number of para-hydroxylation sites is 1. The molecule has 0 radical (unpaired) electrons. The van der Waals surface area contributed by atoms with E-state index in [4.69, 9.17) is 16.3 Å². The smallest absolute Gasteiger partial charge is 0.266 e. The lowest BCUT2D eigenvalue weighted by Gasteiger charge is -2.13. The summed E-state index contributed by atoms with van der Waals surface area (Å²) in [6.07, 6.45) is 1.31. The molecule has 0 bridgehead atoms. The number of aryl methyl sites for hydroxylation is 2. The molecule has 174 valence electrons. The lowest BCUT2D eigenvalue weighted by Crippen LogP contribution is -2.28. The van der Waals surface area contributed by atoms with Gasteiger partial charge in [0.1, 0.15) is 17.1 Å². The lowest BCUT2D eigenvalue weighted by atomic mass is 10.2. The van der Waals surface area contributed by atoms with Crippen LogP contribution in [0.25, 0.3) is 10.2 Å². The van der Waals surface area contributed by atoms with Crippen LogP contribution in [0.15, 0.2) is 53.6 Å². The van der Waals surface area contributed by atoms with Gasteiger partial charge < -0.3 is 15.4 Å². The number of nitrogens with zero attached hydrogens (tertiary/aromatic N) is 2. The van der Waals surface area contributed by atoms with Gasteiger partial charge >= 0.3 is 0 Å². The molecule has 4 rings (SSSR count). The molecule has 0 aliphatic heterocycles. The Morgan fingerprint density at radius 3 is 2.59 bits per heavy atom. The van der Waals surface area contributed by atoms with E-state index in [9.17, 15) is 14.4 Å². The molecule has 0 saturated heterocycles. The zero-order valence-corrected chi connectivity index (χ0v) is 20.2. The zero-order chi connectivity index (χ0) is 24.4. The van der Waals surface area contributed by atoms with Gasteiger partial charge in [-0.05, 0) is 43.2 Å². The second kappa shape index (κ2) is 9.66.